The van der Waals surface area contributed by atoms with E-state index in [2.05, 4.69) is 53.7 Å². The van der Waals surface area contributed by atoms with Crippen molar-refractivity contribution in [3.05, 3.63) is 23.8 Å². The molecule has 2 N–H and O–H groups in total. The van der Waals surface area contributed by atoms with Crippen molar-refractivity contribution >= 4 is 0 Å². The first-order valence-electron chi connectivity index (χ1n) is 13.5. The van der Waals surface area contributed by atoms with Crippen LogP contribution in [0.4, 0.5) is 0 Å². The summed E-state index contributed by atoms with van der Waals surface area (Å²) in [6, 6.07) is 0. The summed E-state index contributed by atoms with van der Waals surface area (Å²) in [6.07, 6.45) is 16.4. The van der Waals surface area contributed by atoms with Crippen LogP contribution in [0.1, 0.15) is 107 Å². The Morgan fingerprint density at radius 1 is 1.03 bits per heavy atom. The molecule has 3 saturated carbocycles. The Morgan fingerprint density at radius 2 is 1.72 bits per heavy atom. The highest BCUT2D eigenvalue weighted by Gasteiger charge is 2.67. The van der Waals surface area contributed by atoms with Gasteiger partial charge in [-0.25, -0.2) is 0 Å². The third-order valence-corrected chi connectivity index (χ3v) is 11.6. The second-order valence-electron chi connectivity index (χ2n) is 14.1. The second kappa shape index (κ2) is 7.70. The summed E-state index contributed by atoms with van der Waals surface area (Å²) in [5.41, 5.74) is 1.94. The molecule has 0 bridgehead atoms. The number of allylic oxidation sites excluding steroid dienone is 2. The zero-order valence-corrected chi connectivity index (χ0v) is 22.2. The summed E-state index contributed by atoms with van der Waals surface area (Å²) < 4.78 is 0. The lowest BCUT2D eigenvalue weighted by atomic mass is 9.39. The van der Waals surface area contributed by atoms with Gasteiger partial charge >= 0.3 is 0 Å². The minimum Gasteiger partial charge on any atom is -0.392 e. The van der Waals surface area contributed by atoms with Crippen LogP contribution in [0.2, 0.25) is 0 Å². The molecular weight excluding hydrogens is 392 g/mol. The molecule has 182 valence electrons. The van der Waals surface area contributed by atoms with E-state index in [4.69, 9.17) is 0 Å². The summed E-state index contributed by atoms with van der Waals surface area (Å²) >= 11 is 0. The zero-order valence-electron chi connectivity index (χ0n) is 22.2. The van der Waals surface area contributed by atoms with E-state index >= 15 is 0 Å². The van der Waals surface area contributed by atoms with E-state index in [0.29, 0.717) is 28.1 Å². The maximum atomic E-state index is 10.8. The molecule has 0 aromatic rings. The van der Waals surface area contributed by atoms with Crippen molar-refractivity contribution in [2.45, 2.75) is 118 Å². The minimum absolute atomic E-state index is 0.0713. The van der Waals surface area contributed by atoms with Gasteiger partial charge in [0.25, 0.3) is 0 Å². The van der Waals surface area contributed by atoms with Crippen LogP contribution in [-0.4, -0.2) is 21.9 Å². The van der Waals surface area contributed by atoms with Crippen molar-refractivity contribution in [2.75, 3.05) is 0 Å². The molecule has 0 spiro atoms. The normalized spacial score (nSPS) is 46.9. The average Bonchev–Trinajstić information content (AvgIpc) is 2.95. The molecule has 4 aliphatic carbocycles. The molecule has 4 rings (SSSR count). The molecule has 0 amide bonds. The molecule has 4 aliphatic rings. The summed E-state index contributed by atoms with van der Waals surface area (Å²) in [6.45, 7) is 18.6. The van der Waals surface area contributed by atoms with Crippen LogP contribution in [-0.2, 0) is 0 Å². The highest BCUT2D eigenvalue weighted by Crippen LogP contribution is 2.74. The Labute approximate surface area is 198 Å². The molecule has 0 aliphatic heterocycles. The monoisotopic (exact) mass is 442 g/mol. The quantitative estimate of drug-likeness (QED) is 0.448. The SMILES string of the molecule is C[C@H](C/C=C/C(C)(C)O)[C@H]1CC[C@@]2(C)[C@@H]3CC=C4[C@H](CC[C@H](O)C4(C)C)[C@]3(C)CC[C@]12C. The molecule has 8 atom stereocenters. The molecule has 0 unspecified atom stereocenters. The molecule has 0 aromatic heterocycles. The summed E-state index contributed by atoms with van der Waals surface area (Å²) in [5.74, 6) is 2.81. The fourth-order valence-electron chi connectivity index (χ4n) is 9.37. The van der Waals surface area contributed by atoms with Gasteiger partial charge in [0, 0.05) is 5.41 Å². The largest absolute Gasteiger partial charge is 0.392 e. The average molecular weight is 443 g/mol. The predicted octanol–water partition coefficient (Wildman–Crippen LogP) is 7.31. The number of hydrogen-bond acceptors (Lipinski definition) is 2. The van der Waals surface area contributed by atoms with Crippen LogP contribution in [0.25, 0.3) is 0 Å². The van der Waals surface area contributed by atoms with Crippen LogP contribution in [0.3, 0.4) is 0 Å². The van der Waals surface area contributed by atoms with E-state index in [1.54, 1.807) is 5.57 Å². The Morgan fingerprint density at radius 3 is 2.38 bits per heavy atom. The molecule has 0 aromatic carbocycles. The van der Waals surface area contributed by atoms with Gasteiger partial charge in [0.05, 0.1) is 11.7 Å². The topological polar surface area (TPSA) is 40.5 Å². The smallest absolute Gasteiger partial charge is 0.0771 e. The van der Waals surface area contributed by atoms with Gasteiger partial charge in [-0.05, 0) is 105 Å². The maximum absolute atomic E-state index is 10.8. The highest BCUT2D eigenvalue weighted by molar-refractivity contribution is 5.30. The number of hydrogen-bond donors (Lipinski definition) is 2. The number of rotatable bonds is 4. The third-order valence-electron chi connectivity index (χ3n) is 11.6. The van der Waals surface area contributed by atoms with Crippen LogP contribution >= 0.6 is 0 Å². The molecule has 32 heavy (non-hydrogen) atoms. The molecule has 3 fully saturated rings. The van der Waals surface area contributed by atoms with E-state index in [1.807, 2.05) is 19.9 Å². The minimum atomic E-state index is -0.714. The number of aliphatic hydroxyl groups is 2. The van der Waals surface area contributed by atoms with Crippen molar-refractivity contribution in [3.63, 3.8) is 0 Å². The third kappa shape index (κ3) is 3.49. The van der Waals surface area contributed by atoms with E-state index in [-0.39, 0.29) is 11.5 Å². The van der Waals surface area contributed by atoms with Crippen LogP contribution in [0.15, 0.2) is 23.8 Å². The van der Waals surface area contributed by atoms with Crippen molar-refractivity contribution in [1.29, 1.82) is 0 Å². The standard InChI is InChI=1S/C30H50O2/c1-20(10-9-16-26(2,3)32)21-15-17-30(8)24-13-11-22-23(12-14-25(31)27(22,4)5)28(24,6)18-19-29(21,30)7/h9,11,16,20-21,23-25,31-32H,10,12-15,17-19H2,1-8H3/b16-9+/t20-,21-,23+,24-,25+,28+,29-,30+/m1/s1. The van der Waals surface area contributed by atoms with Gasteiger partial charge in [0.1, 0.15) is 0 Å². The maximum Gasteiger partial charge on any atom is 0.0771 e. The molecular formula is C30H50O2. The first kappa shape index (κ1) is 24.5. The van der Waals surface area contributed by atoms with Crippen LogP contribution in [0, 0.1) is 45.3 Å². The number of fused-ring (bicyclic) bond motifs is 5. The Bertz CT molecular complexity index is 785. The van der Waals surface area contributed by atoms with E-state index in [9.17, 15) is 10.2 Å². The van der Waals surface area contributed by atoms with Crippen molar-refractivity contribution in [2.24, 2.45) is 45.3 Å². The fraction of sp³-hybridized carbons (Fsp3) is 0.867. The van der Waals surface area contributed by atoms with E-state index in [1.165, 1.54) is 32.1 Å². The Kier molecular flexibility index (Phi) is 5.90. The van der Waals surface area contributed by atoms with Crippen molar-refractivity contribution in [3.8, 4) is 0 Å². The lowest BCUT2D eigenvalue weighted by Gasteiger charge is -2.66. The second-order valence-corrected chi connectivity index (χ2v) is 14.1. The lowest BCUT2D eigenvalue weighted by molar-refractivity contribution is -0.145. The van der Waals surface area contributed by atoms with Crippen molar-refractivity contribution in [1.82, 2.24) is 0 Å². The number of aliphatic hydroxyl groups excluding tert-OH is 1. The zero-order chi connectivity index (χ0) is 23.7. The van der Waals surface area contributed by atoms with Crippen LogP contribution < -0.4 is 0 Å². The molecule has 2 heteroatoms. The molecule has 0 heterocycles. The fourth-order valence-corrected chi connectivity index (χ4v) is 9.37. The highest BCUT2D eigenvalue weighted by atomic mass is 16.3. The van der Waals surface area contributed by atoms with Gasteiger partial charge in [0.2, 0.25) is 0 Å². The molecule has 2 nitrogen and oxygen atoms in total. The Balaban J connectivity index is 1.62. The predicted molar refractivity (Wildman–Crippen MR) is 134 cm³/mol. The van der Waals surface area contributed by atoms with E-state index in [0.717, 1.165) is 31.1 Å². The lowest BCUT2D eigenvalue weighted by Crippen LogP contribution is -2.59. The van der Waals surface area contributed by atoms with Gasteiger partial charge in [-0.2, -0.15) is 0 Å². The van der Waals surface area contributed by atoms with Gasteiger partial charge in [-0.3, -0.25) is 0 Å². The summed E-state index contributed by atoms with van der Waals surface area (Å²) in [4.78, 5) is 0. The van der Waals surface area contributed by atoms with Gasteiger partial charge in [-0.1, -0.05) is 65.3 Å². The first-order valence-corrected chi connectivity index (χ1v) is 13.5. The van der Waals surface area contributed by atoms with E-state index < -0.39 is 5.60 Å². The Hall–Kier alpha value is -0.600. The van der Waals surface area contributed by atoms with Gasteiger partial charge < -0.3 is 10.2 Å². The first-order chi connectivity index (χ1) is 14.7. The molecule has 0 saturated heterocycles. The molecule has 0 radical (unpaired) electrons. The van der Waals surface area contributed by atoms with Crippen LogP contribution in [0.5, 0.6) is 0 Å². The van der Waals surface area contributed by atoms with Gasteiger partial charge in [-0.15, -0.1) is 0 Å². The summed E-state index contributed by atoms with van der Waals surface area (Å²) in [7, 11) is 0. The van der Waals surface area contributed by atoms with Gasteiger partial charge in [0.15, 0.2) is 0 Å². The van der Waals surface area contributed by atoms with Crippen molar-refractivity contribution < 1.29 is 10.2 Å². The summed E-state index contributed by atoms with van der Waals surface area (Å²) in [5, 5.41) is 20.8.